The Morgan fingerprint density at radius 1 is 1.15 bits per heavy atom. The van der Waals surface area contributed by atoms with E-state index < -0.39 is 12.0 Å². The maximum atomic E-state index is 13.8. The van der Waals surface area contributed by atoms with Crippen molar-refractivity contribution in [3.05, 3.63) is 127 Å². The summed E-state index contributed by atoms with van der Waals surface area (Å²) < 4.78 is 15.0. The number of nitrogens with zero attached hydrogens (tertiary/aromatic N) is 3. The van der Waals surface area contributed by atoms with Crippen molar-refractivity contribution in [3.8, 4) is 11.4 Å². The molecule has 0 spiro atoms. The van der Waals surface area contributed by atoms with Crippen LogP contribution in [0.2, 0.25) is 5.02 Å². The Kier molecular flexibility index (Phi) is 7.67. The number of esters is 1. The third-order valence-corrected chi connectivity index (χ3v) is 7.45. The molecule has 0 unspecified atom stereocenters. The first kappa shape index (κ1) is 26.5. The second-order valence-electron chi connectivity index (χ2n) is 8.80. The minimum atomic E-state index is -0.686. The van der Waals surface area contributed by atoms with Crippen molar-refractivity contribution in [2.45, 2.75) is 19.9 Å². The first-order chi connectivity index (χ1) is 18.9. The minimum Gasteiger partial charge on any atom is -0.490 e. The monoisotopic (exact) mass is 559 g/mol. The zero-order valence-electron chi connectivity index (χ0n) is 21.5. The Bertz CT molecular complexity index is 1750. The molecule has 0 saturated heterocycles. The summed E-state index contributed by atoms with van der Waals surface area (Å²) in [6.07, 6.45) is 7.37. The standard InChI is InChI=1S/C30H26ClN3O4S/c1-4-16-38-24-12-6-21(7-13-24)27-26(29(36)37-5-2)19(3)32-30-34(27)28(35)25(39-30)17-20-14-15-33(18-20)23-10-8-22(31)9-11-23/h4,6-15,17-18,27H,1,5,16H2,2-3H3/b25-17-/t27-/m0/s1. The molecule has 5 rings (SSSR count). The van der Waals surface area contributed by atoms with Crippen molar-refractivity contribution in [1.82, 2.24) is 9.13 Å². The topological polar surface area (TPSA) is 74.8 Å². The number of hydrogen-bond donors (Lipinski definition) is 0. The highest BCUT2D eigenvalue weighted by Crippen LogP contribution is 2.31. The molecule has 0 aliphatic carbocycles. The number of fused-ring (bicyclic) bond motifs is 1. The van der Waals surface area contributed by atoms with E-state index in [1.165, 1.54) is 11.3 Å². The smallest absolute Gasteiger partial charge is 0.338 e. The lowest BCUT2D eigenvalue weighted by Gasteiger charge is -2.24. The van der Waals surface area contributed by atoms with Crippen molar-refractivity contribution < 1.29 is 14.3 Å². The van der Waals surface area contributed by atoms with Gasteiger partial charge in [0.1, 0.15) is 12.4 Å². The summed E-state index contributed by atoms with van der Waals surface area (Å²) in [7, 11) is 0. The van der Waals surface area contributed by atoms with Gasteiger partial charge in [-0.3, -0.25) is 9.36 Å². The van der Waals surface area contributed by atoms with Gasteiger partial charge in [-0.25, -0.2) is 9.79 Å². The molecule has 9 heteroatoms. The van der Waals surface area contributed by atoms with E-state index in [4.69, 9.17) is 21.1 Å². The minimum absolute atomic E-state index is 0.214. The Hall–Kier alpha value is -4.14. The van der Waals surface area contributed by atoms with E-state index in [2.05, 4.69) is 11.6 Å². The lowest BCUT2D eigenvalue weighted by Crippen LogP contribution is -2.39. The highest BCUT2D eigenvalue weighted by molar-refractivity contribution is 7.07. The van der Waals surface area contributed by atoms with Crippen LogP contribution in [0.3, 0.4) is 0 Å². The molecule has 0 radical (unpaired) electrons. The summed E-state index contributed by atoms with van der Waals surface area (Å²) in [6, 6.07) is 16.1. The maximum Gasteiger partial charge on any atom is 0.338 e. The van der Waals surface area contributed by atoms with Gasteiger partial charge in [-0.1, -0.05) is 47.7 Å². The molecular formula is C30H26ClN3O4S. The number of halogens is 1. The van der Waals surface area contributed by atoms with Gasteiger partial charge in [0.05, 0.1) is 28.5 Å². The fourth-order valence-corrected chi connectivity index (χ4v) is 5.60. The average molecular weight is 560 g/mol. The molecule has 3 heterocycles. The Morgan fingerprint density at radius 3 is 2.59 bits per heavy atom. The molecule has 1 aliphatic rings. The summed E-state index contributed by atoms with van der Waals surface area (Å²) >= 11 is 7.30. The largest absolute Gasteiger partial charge is 0.490 e. The highest BCUT2D eigenvalue weighted by atomic mass is 35.5. The van der Waals surface area contributed by atoms with E-state index in [-0.39, 0.29) is 12.2 Å². The second-order valence-corrected chi connectivity index (χ2v) is 10.2. The Labute approximate surface area is 234 Å². The predicted octanol–water partition coefficient (Wildman–Crippen LogP) is 4.81. The second kappa shape index (κ2) is 11.3. The fraction of sp³-hybridized carbons (Fsp3) is 0.167. The molecule has 198 valence electrons. The van der Waals surface area contributed by atoms with Crippen LogP contribution in [0.15, 0.2) is 101 Å². The lowest BCUT2D eigenvalue weighted by molar-refractivity contribution is -0.139. The summed E-state index contributed by atoms with van der Waals surface area (Å²) in [5.41, 5.74) is 3.19. The molecule has 2 aromatic carbocycles. The van der Waals surface area contributed by atoms with Gasteiger partial charge in [-0.05, 0) is 73.5 Å². The quantitative estimate of drug-likeness (QED) is 0.229. The predicted molar refractivity (Wildman–Crippen MR) is 153 cm³/mol. The molecule has 0 saturated carbocycles. The summed E-state index contributed by atoms with van der Waals surface area (Å²) in [5.74, 6) is 0.166. The van der Waals surface area contributed by atoms with Crippen molar-refractivity contribution >= 4 is 35.0 Å². The highest BCUT2D eigenvalue weighted by Gasteiger charge is 2.33. The van der Waals surface area contributed by atoms with Gasteiger partial charge in [0.25, 0.3) is 5.56 Å². The van der Waals surface area contributed by atoms with Gasteiger partial charge in [0.15, 0.2) is 4.80 Å². The number of thiazole rings is 1. The number of allylic oxidation sites excluding steroid dienone is 1. The number of benzene rings is 2. The normalized spacial score (nSPS) is 15.1. The van der Waals surface area contributed by atoms with Crippen molar-refractivity contribution in [3.63, 3.8) is 0 Å². The van der Waals surface area contributed by atoms with Crippen LogP contribution in [-0.4, -0.2) is 28.3 Å². The Morgan fingerprint density at radius 2 is 1.90 bits per heavy atom. The zero-order valence-corrected chi connectivity index (χ0v) is 23.0. The molecule has 2 aromatic heterocycles. The van der Waals surface area contributed by atoms with E-state index in [1.54, 1.807) is 24.5 Å². The molecular weight excluding hydrogens is 534 g/mol. The van der Waals surface area contributed by atoms with Crippen LogP contribution < -0.4 is 19.6 Å². The van der Waals surface area contributed by atoms with Crippen LogP contribution in [0.1, 0.15) is 31.0 Å². The van der Waals surface area contributed by atoms with E-state index in [9.17, 15) is 9.59 Å². The van der Waals surface area contributed by atoms with Crippen LogP contribution in [-0.2, 0) is 9.53 Å². The van der Waals surface area contributed by atoms with E-state index >= 15 is 0 Å². The van der Waals surface area contributed by atoms with E-state index in [0.717, 1.165) is 16.8 Å². The maximum absolute atomic E-state index is 13.8. The van der Waals surface area contributed by atoms with Gasteiger partial charge in [-0.2, -0.15) is 0 Å². The Balaban J connectivity index is 1.59. The van der Waals surface area contributed by atoms with E-state index in [1.807, 2.05) is 77.6 Å². The van der Waals surface area contributed by atoms with Crippen LogP contribution in [0.4, 0.5) is 0 Å². The van der Waals surface area contributed by atoms with Crippen LogP contribution in [0.25, 0.3) is 11.8 Å². The zero-order chi connectivity index (χ0) is 27.5. The van der Waals surface area contributed by atoms with Crippen LogP contribution in [0.5, 0.6) is 5.75 Å². The molecule has 0 bridgehead atoms. The van der Waals surface area contributed by atoms with Crippen molar-refractivity contribution in [1.29, 1.82) is 0 Å². The molecule has 0 fully saturated rings. The first-order valence-electron chi connectivity index (χ1n) is 12.4. The molecule has 4 aromatic rings. The molecule has 39 heavy (non-hydrogen) atoms. The third-order valence-electron chi connectivity index (χ3n) is 6.22. The van der Waals surface area contributed by atoms with Gasteiger partial charge >= 0.3 is 5.97 Å². The summed E-state index contributed by atoms with van der Waals surface area (Å²) in [6.45, 7) is 7.78. The average Bonchev–Trinajstić information content (AvgIpc) is 3.52. The van der Waals surface area contributed by atoms with Crippen molar-refractivity contribution in [2.24, 2.45) is 4.99 Å². The van der Waals surface area contributed by atoms with E-state index in [0.29, 0.717) is 38.0 Å². The molecule has 0 amide bonds. The number of aromatic nitrogens is 2. The number of carbonyl (C=O) groups excluding carboxylic acids is 1. The summed E-state index contributed by atoms with van der Waals surface area (Å²) in [4.78, 5) is 32.0. The molecule has 1 atom stereocenters. The lowest BCUT2D eigenvalue weighted by atomic mass is 9.96. The number of hydrogen-bond acceptors (Lipinski definition) is 6. The molecule has 1 aliphatic heterocycles. The summed E-state index contributed by atoms with van der Waals surface area (Å²) in [5, 5.41) is 0.665. The number of rotatable bonds is 8. The van der Waals surface area contributed by atoms with Gasteiger partial charge in [0.2, 0.25) is 0 Å². The van der Waals surface area contributed by atoms with Gasteiger partial charge in [-0.15, -0.1) is 0 Å². The SMILES string of the molecule is C=CCOc1ccc([C@H]2C(C(=O)OCC)=C(C)N=c3s/c(=C\c4ccn(-c5ccc(Cl)cc5)c4)c(=O)n32)cc1. The first-order valence-corrected chi connectivity index (χ1v) is 13.6. The third kappa shape index (κ3) is 5.39. The number of carbonyl (C=O) groups is 1. The van der Waals surface area contributed by atoms with Crippen LogP contribution in [0, 0.1) is 0 Å². The van der Waals surface area contributed by atoms with Crippen LogP contribution >= 0.6 is 22.9 Å². The molecule has 7 nitrogen and oxygen atoms in total. The fourth-order valence-electron chi connectivity index (χ4n) is 4.43. The number of ether oxygens (including phenoxy) is 2. The molecule has 0 N–H and O–H groups in total. The van der Waals surface area contributed by atoms with Gasteiger partial charge in [0, 0.05) is 23.1 Å². The van der Waals surface area contributed by atoms with Gasteiger partial charge < -0.3 is 14.0 Å². The van der Waals surface area contributed by atoms with Crippen molar-refractivity contribution in [2.75, 3.05) is 13.2 Å².